The van der Waals surface area contributed by atoms with Gasteiger partial charge in [-0.1, -0.05) is 0 Å². The van der Waals surface area contributed by atoms with Crippen LogP contribution < -0.4 is 21.7 Å². The summed E-state index contributed by atoms with van der Waals surface area (Å²) in [4.78, 5) is 35.3. The fourth-order valence-corrected chi connectivity index (χ4v) is 1.77. The van der Waals surface area contributed by atoms with Crippen LogP contribution in [0.5, 0.6) is 0 Å². The van der Waals surface area contributed by atoms with E-state index in [4.69, 9.17) is 11.5 Å². The topological polar surface area (TPSA) is 182 Å². The van der Waals surface area contributed by atoms with Crippen molar-refractivity contribution >= 4 is 93.5 Å². The number of carboxylic acids is 2. The summed E-state index contributed by atoms with van der Waals surface area (Å²) >= 11 is 9.25. The van der Waals surface area contributed by atoms with Gasteiger partial charge in [-0.2, -0.15) is 0 Å². The molecule has 10 nitrogen and oxygen atoms in total. The van der Waals surface area contributed by atoms with Crippen LogP contribution in [0, 0.1) is 0 Å². The number of aliphatic carboxylic acids is 2. The Labute approximate surface area is 169 Å². The van der Waals surface area contributed by atoms with Gasteiger partial charge in [0.15, 0.2) is 0 Å². The van der Waals surface area contributed by atoms with Gasteiger partial charge in [-0.15, -0.1) is 0 Å². The second-order valence-electron chi connectivity index (χ2n) is 4.55. The number of carboxylic acid groups (broad SMARTS) is 2. The van der Waals surface area contributed by atoms with Crippen LogP contribution in [0.15, 0.2) is 20.0 Å². The summed E-state index contributed by atoms with van der Waals surface area (Å²) in [6, 6.07) is -2.09. The predicted molar refractivity (Wildman–Crippen MR) is 98.0 cm³/mol. The number of hydrogen-bond donors (Lipinski definition) is 2. The Balaban J connectivity index is 0.000000443. The number of thiocarbonyl (C=S) groups is 2. The summed E-state index contributed by atoms with van der Waals surface area (Å²) in [6.07, 6.45) is 3.02. The van der Waals surface area contributed by atoms with Crippen molar-refractivity contribution in [3.63, 3.8) is 0 Å². The number of rotatable bonds is 6. The van der Waals surface area contributed by atoms with Gasteiger partial charge in [-0.3, -0.25) is 0 Å². The van der Waals surface area contributed by atoms with E-state index in [1.165, 1.54) is 12.4 Å². The van der Waals surface area contributed by atoms with Gasteiger partial charge in [0, 0.05) is 24.9 Å². The molecule has 0 aromatic carbocycles. The first-order valence-corrected chi connectivity index (χ1v) is 7.24. The Morgan fingerprint density at radius 1 is 0.920 bits per heavy atom. The van der Waals surface area contributed by atoms with Crippen molar-refractivity contribution in [1.82, 2.24) is 0 Å². The maximum absolute atomic E-state index is 10.2. The van der Waals surface area contributed by atoms with Gasteiger partial charge in [-0.05, 0) is 24.4 Å². The van der Waals surface area contributed by atoms with Crippen LogP contribution in [0.25, 0.3) is 0 Å². The summed E-state index contributed by atoms with van der Waals surface area (Å²) < 4.78 is 0. The first kappa shape index (κ1) is 23.5. The zero-order valence-electron chi connectivity index (χ0n) is 12.8. The standard InChI is InChI=1S/2C6H7N3O2S.Mg/c2*7-4(5(10)11)1-3-2-8-6(12)9-3;/h2*2,4H,1,7H2,(H,10,11);/q;;+2/p-2/t2*4-;/m00./s1. The van der Waals surface area contributed by atoms with E-state index in [9.17, 15) is 19.8 Å². The zero-order chi connectivity index (χ0) is 18.3. The van der Waals surface area contributed by atoms with Crippen molar-refractivity contribution in [2.75, 3.05) is 0 Å². The number of carbonyl (C=O) groups excluding carboxylic acids is 2. The third kappa shape index (κ3) is 8.94. The average Bonchev–Trinajstić information content (AvgIpc) is 3.08. The molecule has 0 fully saturated rings. The summed E-state index contributed by atoms with van der Waals surface area (Å²) in [7, 11) is 0. The fourth-order valence-electron chi connectivity index (χ4n) is 1.43. The Bertz CT molecular complexity index is 633. The molecular weight excluding hydrogens is 381 g/mol. The maximum atomic E-state index is 10.2. The smallest absolute Gasteiger partial charge is 0.548 e. The van der Waals surface area contributed by atoms with Crippen LogP contribution in [-0.4, -0.2) is 81.2 Å². The van der Waals surface area contributed by atoms with Crippen molar-refractivity contribution in [1.29, 1.82) is 0 Å². The molecule has 0 saturated carbocycles. The van der Waals surface area contributed by atoms with Gasteiger partial charge >= 0.3 is 23.1 Å². The quantitative estimate of drug-likeness (QED) is 0.340. The molecule has 2 rings (SSSR count). The van der Waals surface area contributed by atoms with Crippen molar-refractivity contribution in [2.45, 2.75) is 24.9 Å². The van der Waals surface area contributed by atoms with E-state index < -0.39 is 24.0 Å². The van der Waals surface area contributed by atoms with E-state index in [0.29, 0.717) is 11.4 Å². The van der Waals surface area contributed by atoms with E-state index in [1.54, 1.807) is 0 Å². The van der Waals surface area contributed by atoms with Crippen molar-refractivity contribution < 1.29 is 19.8 Å². The van der Waals surface area contributed by atoms with Crippen molar-refractivity contribution in [2.24, 2.45) is 31.4 Å². The molecule has 2 atom stereocenters. The molecule has 0 aromatic rings. The SMILES string of the molecule is N[C@@H](CC1=NC(=S)N=C1)C(=O)[O-].N[C@@H](CC1=NC(=S)N=C1)C(=O)[O-].[Mg+2]. The van der Waals surface area contributed by atoms with E-state index in [0.717, 1.165) is 0 Å². The minimum absolute atomic E-state index is 0. The van der Waals surface area contributed by atoms with Gasteiger partial charge in [0.05, 0.1) is 35.8 Å². The molecule has 128 valence electrons. The number of nitrogens with zero attached hydrogens (tertiary/aromatic N) is 4. The normalized spacial score (nSPS) is 17.0. The first-order valence-electron chi connectivity index (χ1n) is 6.43. The third-order valence-corrected chi connectivity index (χ3v) is 2.98. The average molecular weight is 393 g/mol. The number of carbonyl (C=O) groups is 2. The molecule has 4 N–H and O–H groups in total. The van der Waals surface area contributed by atoms with Crippen molar-refractivity contribution in [3.8, 4) is 0 Å². The molecule has 13 heteroatoms. The van der Waals surface area contributed by atoms with Crippen LogP contribution >= 0.6 is 24.4 Å². The summed E-state index contributed by atoms with van der Waals surface area (Å²) in [5.41, 5.74) is 11.4. The fraction of sp³-hybridized carbons (Fsp3) is 0.333. The van der Waals surface area contributed by atoms with Crippen LogP contribution in [0.3, 0.4) is 0 Å². The third-order valence-electron chi connectivity index (χ3n) is 2.59. The Kier molecular flexibility index (Phi) is 10.5. The first-order chi connectivity index (χ1) is 11.2. The Hall–Kier alpha value is -1.51. The molecule has 0 unspecified atom stereocenters. The predicted octanol–water partition coefficient (Wildman–Crippen LogP) is -3.85. The van der Waals surface area contributed by atoms with E-state index >= 15 is 0 Å². The second-order valence-corrected chi connectivity index (χ2v) is 5.28. The van der Waals surface area contributed by atoms with E-state index in [2.05, 4.69) is 44.4 Å². The van der Waals surface area contributed by atoms with Gasteiger partial charge in [0.1, 0.15) is 0 Å². The van der Waals surface area contributed by atoms with Crippen LogP contribution in [0.2, 0.25) is 0 Å². The summed E-state index contributed by atoms with van der Waals surface area (Å²) in [5.74, 6) is -2.60. The van der Waals surface area contributed by atoms with E-state index in [-0.39, 0.29) is 46.1 Å². The second kappa shape index (κ2) is 11.2. The van der Waals surface area contributed by atoms with Crippen molar-refractivity contribution in [3.05, 3.63) is 0 Å². The van der Waals surface area contributed by atoms with Gasteiger partial charge in [0.2, 0.25) is 10.2 Å². The van der Waals surface area contributed by atoms with Gasteiger partial charge < -0.3 is 31.3 Å². The molecule has 0 amide bonds. The number of aliphatic imine (C=N–C) groups is 4. The molecular formula is C12H12MgN6O4S2. The van der Waals surface area contributed by atoms with Crippen LogP contribution in [0.4, 0.5) is 0 Å². The largest absolute Gasteiger partial charge is 2.00 e. The molecule has 0 aliphatic carbocycles. The summed E-state index contributed by atoms with van der Waals surface area (Å²) in [6.45, 7) is 0. The monoisotopic (exact) mass is 392 g/mol. The molecule has 25 heavy (non-hydrogen) atoms. The maximum Gasteiger partial charge on any atom is 2.00 e. The number of nitrogens with two attached hydrogens (primary N) is 2. The molecule has 0 radical (unpaired) electrons. The van der Waals surface area contributed by atoms with Crippen LogP contribution in [0.1, 0.15) is 12.8 Å². The Morgan fingerprint density at radius 3 is 1.44 bits per heavy atom. The minimum Gasteiger partial charge on any atom is -0.548 e. The minimum atomic E-state index is -1.30. The number of hydrogen-bond acceptors (Lipinski definition) is 8. The molecule has 0 saturated heterocycles. The van der Waals surface area contributed by atoms with Crippen LogP contribution in [-0.2, 0) is 9.59 Å². The molecule has 0 aromatic heterocycles. The molecule has 2 aliphatic heterocycles. The zero-order valence-corrected chi connectivity index (χ0v) is 15.9. The molecule has 0 bridgehead atoms. The summed E-state index contributed by atoms with van der Waals surface area (Å²) in [5, 5.41) is 20.8. The molecule has 0 spiro atoms. The Morgan fingerprint density at radius 2 is 1.24 bits per heavy atom. The molecule has 2 aliphatic rings. The van der Waals surface area contributed by atoms with Gasteiger partial charge in [0.25, 0.3) is 0 Å². The van der Waals surface area contributed by atoms with Gasteiger partial charge in [-0.25, -0.2) is 20.0 Å². The van der Waals surface area contributed by atoms with E-state index in [1.807, 2.05) is 0 Å². The molecule has 2 heterocycles.